The first-order valence-corrected chi connectivity index (χ1v) is 8.87. The maximum Gasteiger partial charge on any atom is 0.248 e. The van der Waals surface area contributed by atoms with E-state index in [0.717, 1.165) is 37.1 Å². The van der Waals surface area contributed by atoms with Crippen LogP contribution in [0.2, 0.25) is 0 Å². The number of nitrogens with one attached hydrogen (secondary N) is 1. The van der Waals surface area contributed by atoms with Gasteiger partial charge in [-0.25, -0.2) is 4.68 Å². The van der Waals surface area contributed by atoms with Crippen molar-refractivity contribution in [3.63, 3.8) is 0 Å². The molecule has 0 bridgehead atoms. The number of amides is 2. The number of carbonyl (C=O) groups excluding carboxylic acids is 2. The number of hydrogen-bond acceptors (Lipinski definition) is 3. The molecule has 1 aromatic carbocycles. The van der Waals surface area contributed by atoms with Crippen molar-refractivity contribution in [3.8, 4) is 5.69 Å². The van der Waals surface area contributed by atoms with E-state index in [-0.39, 0.29) is 23.8 Å². The van der Waals surface area contributed by atoms with Crippen molar-refractivity contribution in [2.45, 2.75) is 38.6 Å². The lowest BCUT2D eigenvalue weighted by Gasteiger charge is -2.23. The van der Waals surface area contributed by atoms with Gasteiger partial charge in [0.25, 0.3) is 0 Å². The molecular formula is C19H22N4O2. The molecule has 2 aliphatic rings. The number of benzene rings is 1. The number of hydrogen-bond donors (Lipinski definition) is 1. The molecule has 1 aromatic heterocycles. The first-order chi connectivity index (χ1) is 12.1. The van der Waals surface area contributed by atoms with Crippen LogP contribution in [0.25, 0.3) is 5.69 Å². The third-order valence-electron chi connectivity index (χ3n) is 4.90. The highest BCUT2D eigenvalue weighted by Gasteiger charge is 2.40. The van der Waals surface area contributed by atoms with E-state index in [2.05, 4.69) is 10.4 Å². The fraction of sp³-hybridized carbons (Fsp3) is 0.421. The first-order valence-electron chi connectivity index (χ1n) is 8.87. The summed E-state index contributed by atoms with van der Waals surface area (Å²) >= 11 is 0. The molecule has 1 aliphatic heterocycles. The summed E-state index contributed by atoms with van der Waals surface area (Å²) < 4.78 is 1.80. The third kappa shape index (κ3) is 3.16. The lowest BCUT2D eigenvalue weighted by atomic mass is 10.2. The molecule has 1 atom stereocenters. The Labute approximate surface area is 146 Å². The van der Waals surface area contributed by atoms with Crippen molar-refractivity contribution in [1.29, 1.82) is 0 Å². The van der Waals surface area contributed by atoms with Crippen LogP contribution in [0.15, 0.2) is 36.4 Å². The third-order valence-corrected chi connectivity index (χ3v) is 4.90. The molecule has 0 unspecified atom stereocenters. The smallest absolute Gasteiger partial charge is 0.248 e. The van der Waals surface area contributed by atoms with Gasteiger partial charge in [-0.05, 0) is 44.7 Å². The second-order valence-corrected chi connectivity index (χ2v) is 6.87. The number of rotatable bonds is 4. The number of nitrogens with zero attached hydrogens (tertiary/aromatic N) is 3. The Kier molecular flexibility index (Phi) is 4.03. The van der Waals surface area contributed by atoms with Crippen molar-refractivity contribution >= 4 is 17.6 Å². The van der Waals surface area contributed by atoms with E-state index in [1.165, 1.54) is 0 Å². The van der Waals surface area contributed by atoms with E-state index in [1.54, 1.807) is 9.58 Å². The molecule has 0 radical (unpaired) electrons. The standard InChI is InChI=1S/C19H22N4O2/c1-13-12-17(21-23(13)15-6-3-2-4-7-15)20-18(24)16-8-5-11-22(16)19(25)14-9-10-14/h2-4,6-7,12,14,16H,5,8-11H2,1H3,(H,20,21,24)/t16-/m0/s1. The SMILES string of the molecule is Cc1cc(NC(=O)[C@@H]2CCCN2C(=O)C2CC2)nn1-c1ccccc1. The molecule has 2 fully saturated rings. The molecular weight excluding hydrogens is 316 g/mol. The van der Waals surface area contributed by atoms with Crippen molar-refractivity contribution in [1.82, 2.24) is 14.7 Å². The molecule has 2 amide bonds. The van der Waals surface area contributed by atoms with Gasteiger partial charge in [-0.2, -0.15) is 0 Å². The highest BCUT2D eigenvalue weighted by atomic mass is 16.2. The molecule has 1 aliphatic carbocycles. The van der Waals surface area contributed by atoms with Crippen LogP contribution >= 0.6 is 0 Å². The van der Waals surface area contributed by atoms with E-state index in [1.807, 2.05) is 43.3 Å². The van der Waals surface area contributed by atoms with Gasteiger partial charge in [0.05, 0.1) is 5.69 Å². The predicted molar refractivity (Wildman–Crippen MR) is 94.4 cm³/mol. The van der Waals surface area contributed by atoms with Crippen LogP contribution in [0.1, 0.15) is 31.4 Å². The molecule has 0 spiro atoms. The average Bonchev–Trinajstić information content (AvgIpc) is 3.23. The summed E-state index contributed by atoms with van der Waals surface area (Å²) in [7, 11) is 0. The molecule has 130 valence electrons. The van der Waals surface area contributed by atoms with Crippen molar-refractivity contribution in [2.24, 2.45) is 5.92 Å². The quantitative estimate of drug-likeness (QED) is 0.931. The van der Waals surface area contributed by atoms with Crippen LogP contribution < -0.4 is 5.32 Å². The second kappa shape index (κ2) is 6.35. The zero-order chi connectivity index (χ0) is 17.4. The van der Waals surface area contributed by atoms with Gasteiger partial charge >= 0.3 is 0 Å². The number of aryl methyl sites for hydroxylation is 1. The topological polar surface area (TPSA) is 67.2 Å². The summed E-state index contributed by atoms with van der Waals surface area (Å²) in [4.78, 5) is 26.8. The number of para-hydroxylation sites is 1. The van der Waals surface area contributed by atoms with Gasteiger partial charge < -0.3 is 10.2 Å². The molecule has 2 aromatic rings. The highest BCUT2D eigenvalue weighted by molar-refractivity contribution is 5.97. The zero-order valence-corrected chi connectivity index (χ0v) is 14.3. The predicted octanol–water partition coefficient (Wildman–Crippen LogP) is 2.52. The van der Waals surface area contributed by atoms with Crippen LogP contribution in [0.5, 0.6) is 0 Å². The molecule has 25 heavy (non-hydrogen) atoms. The lowest BCUT2D eigenvalue weighted by molar-refractivity contribution is -0.137. The first kappa shape index (κ1) is 15.9. The summed E-state index contributed by atoms with van der Waals surface area (Å²) in [6.45, 7) is 2.64. The average molecular weight is 338 g/mol. The lowest BCUT2D eigenvalue weighted by Crippen LogP contribution is -2.43. The summed E-state index contributed by atoms with van der Waals surface area (Å²) in [5.74, 6) is 0.679. The van der Waals surface area contributed by atoms with Crippen LogP contribution in [0.4, 0.5) is 5.82 Å². The van der Waals surface area contributed by atoms with Crippen LogP contribution in [0, 0.1) is 12.8 Å². The Morgan fingerprint density at radius 1 is 1.16 bits per heavy atom. The molecule has 1 saturated carbocycles. The second-order valence-electron chi connectivity index (χ2n) is 6.87. The maximum absolute atomic E-state index is 12.7. The van der Waals surface area contributed by atoms with Gasteiger partial charge in [-0.15, -0.1) is 5.10 Å². The minimum Gasteiger partial charge on any atom is -0.330 e. The molecule has 6 heteroatoms. The molecule has 4 rings (SSSR count). The van der Waals surface area contributed by atoms with E-state index in [9.17, 15) is 9.59 Å². The largest absolute Gasteiger partial charge is 0.330 e. The summed E-state index contributed by atoms with van der Waals surface area (Å²) in [5.41, 5.74) is 1.89. The van der Waals surface area contributed by atoms with Crippen LogP contribution in [0.3, 0.4) is 0 Å². The Bertz CT molecular complexity index is 795. The zero-order valence-electron chi connectivity index (χ0n) is 14.3. The van der Waals surface area contributed by atoms with Gasteiger partial charge in [0, 0.05) is 24.2 Å². The Morgan fingerprint density at radius 3 is 2.64 bits per heavy atom. The summed E-state index contributed by atoms with van der Waals surface area (Å²) in [6, 6.07) is 11.3. The van der Waals surface area contributed by atoms with Gasteiger partial charge in [0.2, 0.25) is 11.8 Å². The van der Waals surface area contributed by atoms with E-state index < -0.39 is 0 Å². The minimum atomic E-state index is -0.365. The molecule has 6 nitrogen and oxygen atoms in total. The molecule has 1 N–H and O–H groups in total. The van der Waals surface area contributed by atoms with Crippen molar-refractivity contribution < 1.29 is 9.59 Å². The molecule has 1 saturated heterocycles. The fourth-order valence-electron chi connectivity index (χ4n) is 3.44. The van der Waals surface area contributed by atoms with E-state index in [4.69, 9.17) is 0 Å². The monoisotopic (exact) mass is 338 g/mol. The number of anilines is 1. The van der Waals surface area contributed by atoms with Crippen molar-refractivity contribution in [2.75, 3.05) is 11.9 Å². The number of likely N-dealkylation sites (tertiary alicyclic amines) is 1. The Morgan fingerprint density at radius 2 is 1.92 bits per heavy atom. The fourth-order valence-corrected chi connectivity index (χ4v) is 3.44. The van der Waals surface area contributed by atoms with Gasteiger partial charge in [-0.1, -0.05) is 18.2 Å². The van der Waals surface area contributed by atoms with Crippen LogP contribution in [-0.2, 0) is 9.59 Å². The molecule has 2 heterocycles. The summed E-state index contributed by atoms with van der Waals surface area (Å²) in [6.07, 6.45) is 3.53. The number of carbonyl (C=O) groups is 2. The Balaban J connectivity index is 1.48. The minimum absolute atomic E-state index is 0.135. The maximum atomic E-state index is 12.7. The van der Waals surface area contributed by atoms with E-state index in [0.29, 0.717) is 12.4 Å². The highest BCUT2D eigenvalue weighted by Crippen LogP contribution is 2.33. The van der Waals surface area contributed by atoms with E-state index >= 15 is 0 Å². The van der Waals surface area contributed by atoms with Gasteiger partial charge in [0.1, 0.15) is 6.04 Å². The summed E-state index contributed by atoms with van der Waals surface area (Å²) in [5, 5.41) is 7.38. The normalized spacial score (nSPS) is 19.9. The van der Waals surface area contributed by atoms with Gasteiger partial charge in [-0.3, -0.25) is 9.59 Å². The number of aromatic nitrogens is 2. The van der Waals surface area contributed by atoms with Crippen molar-refractivity contribution in [3.05, 3.63) is 42.1 Å². The van der Waals surface area contributed by atoms with Crippen LogP contribution in [-0.4, -0.2) is 39.1 Å². The Hall–Kier alpha value is -2.63. The van der Waals surface area contributed by atoms with Gasteiger partial charge in [0.15, 0.2) is 5.82 Å².